The highest BCUT2D eigenvalue weighted by molar-refractivity contribution is 6.17. The van der Waals surface area contributed by atoms with Crippen LogP contribution >= 0.6 is 11.6 Å². The number of ether oxygens (including phenoxy) is 2. The summed E-state index contributed by atoms with van der Waals surface area (Å²) < 4.78 is 13.6. The fourth-order valence-corrected chi connectivity index (χ4v) is 3.25. The molecule has 1 aliphatic rings. The summed E-state index contributed by atoms with van der Waals surface area (Å²) in [5, 5.41) is 0. The van der Waals surface area contributed by atoms with Crippen molar-refractivity contribution in [1.82, 2.24) is 9.55 Å². The van der Waals surface area contributed by atoms with Crippen LogP contribution in [-0.4, -0.2) is 41.4 Å². The first kappa shape index (κ1) is 14.8. The second-order valence-electron chi connectivity index (χ2n) is 5.69. The third-order valence-corrected chi connectivity index (χ3v) is 4.50. The van der Waals surface area contributed by atoms with Crippen molar-refractivity contribution >= 4 is 22.6 Å². The molecule has 0 aliphatic carbocycles. The van der Waals surface area contributed by atoms with Crippen LogP contribution in [0.2, 0.25) is 0 Å². The summed E-state index contributed by atoms with van der Waals surface area (Å²) in [5.41, 5.74) is 3.18. The van der Waals surface area contributed by atoms with Crippen LogP contribution < -0.4 is 0 Å². The number of benzene rings is 1. The van der Waals surface area contributed by atoms with Gasteiger partial charge in [-0.15, -0.1) is 11.6 Å². The predicted molar refractivity (Wildman–Crippen MR) is 84.1 cm³/mol. The molecule has 1 aromatic carbocycles. The maximum Gasteiger partial charge on any atom is 0.111 e. The summed E-state index contributed by atoms with van der Waals surface area (Å²) >= 11 is 5.95. The van der Waals surface area contributed by atoms with Crippen LogP contribution in [0.25, 0.3) is 11.0 Å². The SMILES string of the molecule is COC1(Cn2c(CCCl)nc3cccc(C)c32)CCOC1. The Labute approximate surface area is 130 Å². The number of halogens is 1. The molecule has 0 amide bonds. The van der Waals surface area contributed by atoms with E-state index in [1.165, 1.54) is 11.1 Å². The number of rotatable bonds is 5. The lowest BCUT2D eigenvalue weighted by molar-refractivity contribution is -0.0292. The van der Waals surface area contributed by atoms with Gasteiger partial charge in [0, 0.05) is 32.4 Å². The maximum atomic E-state index is 5.95. The fraction of sp³-hybridized carbons (Fsp3) is 0.562. The first-order valence-electron chi connectivity index (χ1n) is 7.33. The van der Waals surface area contributed by atoms with E-state index in [4.69, 9.17) is 26.1 Å². The molecule has 1 unspecified atom stereocenters. The normalized spacial score (nSPS) is 22.2. The molecule has 0 bridgehead atoms. The van der Waals surface area contributed by atoms with E-state index in [9.17, 15) is 0 Å². The number of methoxy groups -OCH3 is 1. The molecular formula is C16H21ClN2O2. The zero-order valence-electron chi connectivity index (χ0n) is 12.6. The van der Waals surface area contributed by atoms with Gasteiger partial charge in [-0.3, -0.25) is 0 Å². The highest BCUT2D eigenvalue weighted by atomic mass is 35.5. The Kier molecular flexibility index (Phi) is 4.20. The van der Waals surface area contributed by atoms with Crippen molar-refractivity contribution in [2.24, 2.45) is 0 Å². The standard InChI is InChI=1S/C16H21ClN2O2/c1-12-4-3-5-13-15(12)19(14(18-13)6-8-17)10-16(20-2)7-9-21-11-16/h3-5H,6-11H2,1-2H3. The third kappa shape index (κ3) is 2.68. The summed E-state index contributed by atoms with van der Waals surface area (Å²) in [6.07, 6.45) is 1.67. The van der Waals surface area contributed by atoms with Crippen LogP contribution in [0.4, 0.5) is 0 Å². The minimum Gasteiger partial charge on any atom is -0.378 e. The highest BCUT2D eigenvalue weighted by Gasteiger charge is 2.36. The van der Waals surface area contributed by atoms with E-state index in [1.807, 2.05) is 6.07 Å². The number of hydrogen-bond acceptors (Lipinski definition) is 3. The Morgan fingerprint density at radius 1 is 1.48 bits per heavy atom. The van der Waals surface area contributed by atoms with Crippen LogP contribution in [-0.2, 0) is 22.4 Å². The van der Waals surface area contributed by atoms with Crippen molar-refractivity contribution in [1.29, 1.82) is 0 Å². The van der Waals surface area contributed by atoms with Crippen molar-refractivity contribution in [3.05, 3.63) is 29.6 Å². The third-order valence-electron chi connectivity index (χ3n) is 4.31. The van der Waals surface area contributed by atoms with Gasteiger partial charge >= 0.3 is 0 Å². The molecular weight excluding hydrogens is 288 g/mol. The fourth-order valence-electron chi connectivity index (χ4n) is 3.09. The van der Waals surface area contributed by atoms with Crippen molar-refractivity contribution in [3.63, 3.8) is 0 Å². The van der Waals surface area contributed by atoms with Gasteiger partial charge in [0.25, 0.3) is 0 Å². The second kappa shape index (κ2) is 5.95. The molecule has 114 valence electrons. The molecule has 0 N–H and O–H groups in total. The summed E-state index contributed by atoms with van der Waals surface area (Å²) in [4.78, 5) is 4.75. The monoisotopic (exact) mass is 308 g/mol. The Bertz CT molecular complexity index is 632. The van der Waals surface area contributed by atoms with Gasteiger partial charge in [0.15, 0.2) is 0 Å². The van der Waals surface area contributed by atoms with Gasteiger partial charge in [0.1, 0.15) is 11.4 Å². The highest BCUT2D eigenvalue weighted by Crippen LogP contribution is 2.29. The molecule has 1 saturated heterocycles. The van der Waals surface area contributed by atoms with E-state index in [0.29, 0.717) is 12.5 Å². The molecule has 1 aromatic heterocycles. The molecule has 0 saturated carbocycles. The molecule has 4 nitrogen and oxygen atoms in total. The second-order valence-corrected chi connectivity index (χ2v) is 6.06. The summed E-state index contributed by atoms with van der Waals surface area (Å²) in [5.74, 6) is 1.59. The van der Waals surface area contributed by atoms with Gasteiger partial charge in [-0.2, -0.15) is 0 Å². The Morgan fingerprint density at radius 2 is 2.33 bits per heavy atom. The zero-order chi connectivity index (χ0) is 14.9. The maximum absolute atomic E-state index is 5.95. The minimum atomic E-state index is -0.253. The molecule has 21 heavy (non-hydrogen) atoms. The molecule has 0 radical (unpaired) electrons. The molecule has 1 atom stereocenters. The van der Waals surface area contributed by atoms with Crippen LogP contribution in [0.5, 0.6) is 0 Å². The first-order valence-corrected chi connectivity index (χ1v) is 7.86. The largest absolute Gasteiger partial charge is 0.378 e. The number of para-hydroxylation sites is 1. The van der Waals surface area contributed by atoms with Crippen molar-refractivity contribution in [3.8, 4) is 0 Å². The van der Waals surface area contributed by atoms with Crippen LogP contribution in [0.15, 0.2) is 18.2 Å². The lowest BCUT2D eigenvalue weighted by Gasteiger charge is -2.27. The minimum absolute atomic E-state index is 0.253. The topological polar surface area (TPSA) is 36.3 Å². The smallest absolute Gasteiger partial charge is 0.111 e. The molecule has 3 rings (SSSR count). The van der Waals surface area contributed by atoms with E-state index in [0.717, 1.165) is 37.3 Å². The number of nitrogens with zero attached hydrogens (tertiary/aromatic N) is 2. The van der Waals surface area contributed by atoms with Crippen LogP contribution in [0.1, 0.15) is 17.8 Å². The van der Waals surface area contributed by atoms with Crippen LogP contribution in [0.3, 0.4) is 0 Å². The van der Waals surface area contributed by atoms with Gasteiger partial charge in [-0.25, -0.2) is 4.98 Å². The first-order chi connectivity index (χ1) is 10.2. The number of aromatic nitrogens is 2. The summed E-state index contributed by atoms with van der Waals surface area (Å²) in [7, 11) is 1.77. The Balaban J connectivity index is 2.08. The van der Waals surface area contributed by atoms with E-state index >= 15 is 0 Å². The number of aryl methyl sites for hydroxylation is 2. The van der Waals surface area contributed by atoms with Gasteiger partial charge in [0.05, 0.1) is 24.2 Å². The van der Waals surface area contributed by atoms with Gasteiger partial charge < -0.3 is 14.0 Å². The molecule has 1 aliphatic heterocycles. The molecule has 5 heteroatoms. The van der Waals surface area contributed by atoms with E-state index < -0.39 is 0 Å². The number of fused-ring (bicyclic) bond motifs is 1. The quantitative estimate of drug-likeness (QED) is 0.797. The van der Waals surface area contributed by atoms with E-state index in [2.05, 4.69) is 23.6 Å². The molecule has 2 heterocycles. The summed E-state index contributed by atoms with van der Waals surface area (Å²) in [6, 6.07) is 6.22. The average Bonchev–Trinajstić information content (AvgIpc) is 3.07. The molecule has 2 aromatic rings. The zero-order valence-corrected chi connectivity index (χ0v) is 13.3. The Hall–Kier alpha value is -1.10. The van der Waals surface area contributed by atoms with E-state index in [1.54, 1.807) is 7.11 Å². The van der Waals surface area contributed by atoms with Gasteiger partial charge in [0.2, 0.25) is 0 Å². The number of imidazole rings is 1. The predicted octanol–water partition coefficient (Wildman–Crippen LogP) is 2.93. The van der Waals surface area contributed by atoms with Gasteiger partial charge in [-0.05, 0) is 18.6 Å². The van der Waals surface area contributed by atoms with Crippen LogP contribution in [0, 0.1) is 6.92 Å². The van der Waals surface area contributed by atoms with E-state index in [-0.39, 0.29) is 5.60 Å². The summed E-state index contributed by atoms with van der Waals surface area (Å²) in [6.45, 7) is 4.27. The lowest BCUT2D eigenvalue weighted by atomic mass is 10.0. The van der Waals surface area contributed by atoms with Gasteiger partial charge in [-0.1, -0.05) is 12.1 Å². The van der Waals surface area contributed by atoms with Crippen molar-refractivity contribution in [2.75, 3.05) is 26.2 Å². The van der Waals surface area contributed by atoms with Crippen molar-refractivity contribution in [2.45, 2.75) is 31.9 Å². The molecule has 0 spiro atoms. The number of hydrogen-bond donors (Lipinski definition) is 0. The number of alkyl halides is 1. The Morgan fingerprint density at radius 3 is 3.00 bits per heavy atom. The molecule has 1 fully saturated rings. The van der Waals surface area contributed by atoms with Crippen molar-refractivity contribution < 1.29 is 9.47 Å². The lowest BCUT2D eigenvalue weighted by Crippen LogP contribution is -2.37. The average molecular weight is 309 g/mol.